The van der Waals surface area contributed by atoms with Gasteiger partial charge in [0.25, 0.3) is 10.0 Å². The van der Waals surface area contributed by atoms with Gasteiger partial charge in [-0.1, -0.05) is 15.9 Å². The molecule has 1 aromatic heterocycles. The average Bonchev–Trinajstić information content (AvgIpc) is 2.34. The predicted octanol–water partition coefficient (Wildman–Crippen LogP) is 2.84. The fourth-order valence-corrected chi connectivity index (χ4v) is 3.65. The highest BCUT2D eigenvalue weighted by atomic mass is 79.9. The predicted molar refractivity (Wildman–Crippen MR) is 83.1 cm³/mol. The van der Waals surface area contributed by atoms with Crippen LogP contribution in [0.2, 0.25) is 0 Å². The van der Waals surface area contributed by atoms with Crippen LogP contribution in [0.15, 0.2) is 39.8 Å². The van der Waals surface area contributed by atoms with Crippen molar-refractivity contribution in [2.75, 3.05) is 10.5 Å². The van der Waals surface area contributed by atoms with Crippen LogP contribution in [-0.4, -0.2) is 13.4 Å². The summed E-state index contributed by atoms with van der Waals surface area (Å²) in [5.74, 6) is 0.278. The van der Waals surface area contributed by atoms with E-state index in [1.54, 1.807) is 0 Å². The molecule has 0 saturated carbocycles. The van der Waals surface area contributed by atoms with E-state index in [0.717, 1.165) is 15.6 Å². The van der Waals surface area contributed by atoms with Gasteiger partial charge in [0.15, 0.2) is 0 Å². The zero-order valence-electron chi connectivity index (χ0n) is 11.0. The molecule has 5 nitrogen and oxygen atoms in total. The lowest BCUT2D eigenvalue weighted by atomic mass is 10.1. The number of nitrogens with one attached hydrogen (secondary N) is 1. The number of anilines is 2. The fourth-order valence-electron chi connectivity index (χ4n) is 1.82. The maximum Gasteiger partial charge on any atom is 0.263 e. The van der Waals surface area contributed by atoms with Crippen molar-refractivity contribution in [3.05, 3.63) is 46.1 Å². The van der Waals surface area contributed by atoms with E-state index in [4.69, 9.17) is 5.73 Å². The lowest BCUT2D eigenvalue weighted by Crippen LogP contribution is -2.15. The van der Waals surface area contributed by atoms with Crippen molar-refractivity contribution in [1.29, 1.82) is 0 Å². The average molecular weight is 356 g/mol. The van der Waals surface area contributed by atoms with Gasteiger partial charge in [0.2, 0.25) is 0 Å². The van der Waals surface area contributed by atoms with Crippen LogP contribution >= 0.6 is 15.9 Å². The summed E-state index contributed by atoms with van der Waals surface area (Å²) in [5.41, 5.74) is 7.70. The number of pyridine rings is 1. The highest BCUT2D eigenvalue weighted by Crippen LogP contribution is 2.27. The molecule has 0 atom stereocenters. The number of aryl methyl sites for hydroxylation is 2. The van der Waals surface area contributed by atoms with E-state index >= 15 is 0 Å². The zero-order chi connectivity index (χ0) is 14.9. The van der Waals surface area contributed by atoms with Gasteiger partial charge >= 0.3 is 0 Å². The van der Waals surface area contributed by atoms with Crippen LogP contribution < -0.4 is 10.5 Å². The molecule has 0 aliphatic heterocycles. The van der Waals surface area contributed by atoms with Crippen LogP contribution in [0, 0.1) is 13.8 Å². The lowest BCUT2D eigenvalue weighted by Gasteiger charge is -2.13. The summed E-state index contributed by atoms with van der Waals surface area (Å²) in [6.07, 6.45) is 1.24. The Morgan fingerprint density at radius 2 is 1.80 bits per heavy atom. The third kappa shape index (κ3) is 3.10. The normalized spacial score (nSPS) is 11.3. The van der Waals surface area contributed by atoms with Gasteiger partial charge in [-0.05, 0) is 49.2 Å². The standard InChI is InChI=1S/C13H14BrN3O2S/c1-8-5-10(14)6-9(2)13(8)17-20(18,19)11-3-4-12(15)16-7-11/h3-7,17H,1-2H3,(H2,15,16). The minimum Gasteiger partial charge on any atom is -0.384 e. The largest absolute Gasteiger partial charge is 0.384 e. The number of hydrogen-bond donors (Lipinski definition) is 2. The molecule has 0 fully saturated rings. The molecule has 2 aromatic rings. The third-order valence-corrected chi connectivity index (χ3v) is 4.60. The first kappa shape index (κ1) is 14.8. The van der Waals surface area contributed by atoms with Crippen LogP contribution in [0.3, 0.4) is 0 Å². The first-order valence-corrected chi connectivity index (χ1v) is 8.08. The second kappa shape index (κ2) is 5.41. The van der Waals surface area contributed by atoms with Crippen molar-refractivity contribution < 1.29 is 8.42 Å². The monoisotopic (exact) mass is 355 g/mol. The third-order valence-electron chi connectivity index (χ3n) is 2.80. The van der Waals surface area contributed by atoms with Gasteiger partial charge in [-0.2, -0.15) is 0 Å². The molecule has 0 spiro atoms. The van der Waals surface area contributed by atoms with E-state index in [-0.39, 0.29) is 10.7 Å². The Labute approximate surface area is 126 Å². The number of rotatable bonds is 3. The number of nitrogens with zero attached hydrogens (tertiary/aromatic N) is 1. The van der Waals surface area contributed by atoms with Crippen molar-refractivity contribution in [3.63, 3.8) is 0 Å². The molecule has 1 aromatic carbocycles. The van der Waals surface area contributed by atoms with Gasteiger partial charge in [0.1, 0.15) is 10.7 Å². The summed E-state index contributed by atoms with van der Waals surface area (Å²) in [6, 6.07) is 6.59. The Bertz CT molecular complexity index is 720. The number of halogens is 1. The second-order valence-corrected chi connectivity index (χ2v) is 7.04. The number of nitrogen functional groups attached to an aromatic ring is 1. The molecule has 0 radical (unpaired) electrons. The van der Waals surface area contributed by atoms with E-state index < -0.39 is 10.0 Å². The van der Waals surface area contributed by atoms with Gasteiger partial charge in [0.05, 0.1) is 5.69 Å². The molecule has 2 rings (SSSR count). The van der Waals surface area contributed by atoms with Gasteiger partial charge in [-0.15, -0.1) is 0 Å². The van der Waals surface area contributed by atoms with E-state index in [1.165, 1.54) is 18.3 Å². The Balaban J connectivity index is 2.41. The molecule has 0 unspecified atom stereocenters. The van der Waals surface area contributed by atoms with E-state index in [2.05, 4.69) is 25.6 Å². The van der Waals surface area contributed by atoms with Gasteiger partial charge < -0.3 is 5.73 Å². The molecule has 0 aliphatic carbocycles. The lowest BCUT2D eigenvalue weighted by molar-refractivity contribution is 0.601. The van der Waals surface area contributed by atoms with E-state index in [9.17, 15) is 8.42 Å². The summed E-state index contributed by atoms with van der Waals surface area (Å²) in [4.78, 5) is 3.87. The van der Waals surface area contributed by atoms with Crippen LogP contribution in [0.5, 0.6) is 0 Å². The number of sulfonamides is 1. The second-order valence-electron chi connectivity index (χ2n) is 4.44. The molecule has 106 valence electrons. The van der Waals surface area contributed by atoms with Crippen molar-refractivity contribution in [2.24, 2.45) is 0 Å². The summed E-state index contributed by atoms with van der Waals surface area (Å²) in [6.45, 7) is 3.69. The quantitative estimate of drug-likeness (QED) is 0.886. The Hall–Kier alpha value is -1.60. The van der Waals surface area contributed by atoms with E-state index in [0.29, 0.717) is 5.69 Å². The minimum atomic E-state index is -3.67. The van der Waals surface area contributed by atoms with Crippen LogP contribution in [0.1, 0.15) is 11.1 Å². The molecule has 0 bridgehead atoms. The number of hydrogen-bond acceptors (Lipinski definition) is 4. The van der Waals surface area contributed by atoms with Crippen molar-refractivity contribution in [1.82, 2.24) is 4.98 Å². The van der Waals surface area contributed by atoms with Crippen molar-refractivity contribution >= 4 is 37.5 Å². The maximum atomic E-state index is 12.3. The Morgan fingerprint density at radius 3 is 2.30 bits per heavy atom. The van der Waals surface area contributed by atoms with Crippen molar-refractivity contribution in [2.45, 2.75) is 18.7 Å². The molecule has 1 heterocycles. The topological polar surface area (TPSA) is 85.1 Å². The van der Waals surface area contributed by atoms with Crippen LogP contribution in [-0.2, 0) is 10.0 Å². The maximum absolute atomic E-state index is 12.3. The Morgan fingerprint density at radius 1 is 1.20 bits per heavy atom. The summed E-state index contributed by atoms with van der Waals surface area (Å²) >= 11 is 3.38. The molecule has 20 heavy (non-hydrogen) atoms. The van der Waals surface area contributed by atoms with Crippen LogP contribution in [0.4, 0.5) is 11.5 Å². The summed E-state index contributed by atoms with van der Waals surface area (Å²) < 4.78 is 28.1. The highest BCUT2D eigenvalue weighted by Gasteiger charge is 2.17. The number of aromatic nitrogens is 1. The van der Waals surface area contributed by atoms with Gasteiger partial charge in [-0.25, -0.2) is 13.4 Å². The molecule has 3 N–H and O–H groups in total. The molecule has 7 heteroatoms. The fraction of sp³-hybridized carbons (Fsp3) is 0.154. The molecular weight excluding hydrogens is 342 g/mol. The first-order chi connectivity index (χ1) is 9.29. The number of benzene rings is 1. The van der Waals surface area contributed by atoms with Crippen LogP contribution in [0.25, 0.3) is 0 Å². The molecule has 0 aliphatic rings. The highest BCUT2D eigenvalue weighted by molar-refractivity contribution is 9.10. The van der Waals surface area contributed by atoms with E-state index in [1.807, 2.05) is 26.0 Å². The molecular formula is C13H14BrN3O2S. The summed E-state index contributed by atoms with van der Waals surface area (Å²) in [7, 11) is -3.67. The minimum absolute atomic E-state index is 0.0772. The zero-order valence-corrected chi connectivity index (χ0v) is 13.4. The van der Waals surface area contributed by atoms with Gasteiger partial charge in [0, 0.05) is 10.7 Å². The smallest absolute Gasteiger partial charge is 0.263 e. The SMILES string of the molecule is Cc1cc(Br)cc(C)c1NS(=O)(=O)c1ccc(N)nc1. The molecule has 0 saturated heterocycles. The first-order valence-electron chi connectivity index (χ1n) is 5.81. The summed E-state index contributed by atoms with van der Waals surface area (Å²) in [5, 5.41) is 0. The number of nitrogens with two attached hydrogens (primary N) is 1. The van der Waals surface area contributed by atoms with Gasteiger partial charge in [-0.3, -0.25) is 4.72 Å². The van der Waals surface area contributed by atoms with Crippen molar-refractivity contribution in [3.8, 4) is 0 Å². The Kier molecular flexibility index (Phi) is 4.01. The molecule has 0 amide bonds.